The summed E-state index contributed by atoms with van der Waals surface area (Å²) in [6.07, 6.45) is 0. The quantitative estimate of drug-likeness (QED) is 0.755. The summed E-state index contributed by atoms with van der Waals surface area (Å²) in [5, 5.41) is 0. The second-order valence-electron chi connectivity index (χ2n) is 4.82. The van der Waals surface area contributed by atoms with Crippen LogP contribution in [-0.2, 0) is 0 Å². The first-order chi connectivity index (χ1) is 10.5. The van der Waals surface area contributed by atoms with Crippen LogP contribution in [0.15, 0.2) is 45.3 Å². The highest BCUT2D eigenvalue weighted by Crippen LogP contribution is 2.37. The largest absolute Gasteiger partial charge is 0.496 e. The van der Waals surface area contributed by atoms with Gasteiger partial charge in [-0.15, -0.1) is 0 Å². The van der Waals surface area contributed by atoms with Crippen LogP contribution in [0.5, 0.6) is 11.5 Å². The Hall–Kier alpha value is -1.08. The van der Waals surface area contributed by atoms with E-state index in [1.165, 1.54) is 0 Å². The topological polar surface area (TPSA) is 70.5 Å². The lowest BCUT2D eigenvalue weighted by Gasteiger charge is -2.24. The molecule has 0 aliphatic carbocycles. The van der Waals surface area contributed by atoms with Gasteiger partial charge in [0.25, 0.3) is 0 Å². The van der Waals surface area contributed by atoms with Gasteiger partial charge in [-0.1, -0.05) is 31.9 Å². The average Bonchev–Trinajstić information content (AvgIpc) is 2.53. The van der Waals surface area contributed by atoms with Crippen LogP contribution >= 0.6 is 31.9 Å². The zero-order chi connectivity index (χ0) is 16.3. The zero-order valence-corrected chi connectivity index (χ0v) is 15.5. The number of ether oxygens (including phenoxy) is 2. The molecule has 0 aromatic heterocycles. The van der Waals surface area contributed by atoms with Gasteiger partial charge in [0.05, 0.1) is 26.3 Å². The number of hydrogen-bond acceptors (Lipinski definition) is 4. The molecular formula is C16H18Br2N2O2. The Morgan fingerprint density at radius 2 is 1.14 bits per heavy atom. The fraction of sp³-hybridized carbons (Fsp3) is 0.250. The van der Waals surface area contributed by atoms with Gasteiger partial charge in [0.15, 0.2) is 0 Å². The maximum absolute atomic E-state index is 6.39. The second kappa shape index (κ2) is 7.46. The van der Waals surface area contributed by atoms with Crippen molar-refractivity contribution >= 4 is 31.9 Å². The molecule has 0 saturated carbocycles. The lowest BCUT2D eigenvalue weighted by Crippen LogP contribution is -2.27. The highest BCUT2D eigenvalue weighted by molar-refractivity contribution is 9.10. The minimum absolute atomic E-state index is 0.435. The Morgan fingerprint density at radius 1 is 0.773 bits per heavy atom. The van der Waals surface area contributed by atoms with Crippen molar-refractivity contribution in [3.8, 4) is 11.5 Å². The lowest BCUT2D eigenvalue weighted by atomic mass is 9.93. The van der Waals surface area contributed by atoms with E-state index >= 15 is 0 Å². The summed E-state index contributed by atoms with van der Waals surface area (Å²) in [5.74, 6) is 1.42. The normalized spacial score (nSPS) is 13.5. The van der Waals surface area contributed by atoms with E-state index in [-0.39, 0.29) is 0 Å². The number of halogens is 2. The van der Waals surface area contributed by atoms with Crippen LogP contribution in [0.2, 0.25) is 0 Å². The Kier molecular flexibility index (Phi) is 5.86. The Morgan fingerprint density at radius 3 is 1.45 bits per heavy atom. The van der Waals surface area contributed by atoms with Gasteiger partial charge in [-0.05, 0) is 36.4 Å². The van der Waals surface area contributed by atoms with Crippen LogP contribution in [0.3, 0.4) is 0 Å². The number of methoxy groups -OCH3 is 2. The predicted octanol–water partition coefficient (Wildman–Crippen LogP) is 3.93. The fourth-order valence-corrected chi connectivity index (χ4v) is 3.08. The van der Waals surface area contributed by atoms with Crippen LogP contribution in [0, 0.1) is 0 Å². The highest BCUT2D eigenvalue weighted by Gasteiger charge is 2.24. The predicted molar refractivity (Wildman–Crippen MR) is 95.2 cm³/mol. The number of hydrogen-bond donors (Lipinski definition) is 2. The van der Waals surface area contributed by atoms with Crippen LogP contribution in [0.4, 0.5) is 0 Å². The molecular weight excluding hydrogens is 412 g/mol. The van der Waals surface area contributed by atoms with Gasteiger partial charge in [0.1, 0.15) is 11.5 Å². The molecule has 2 rings (SSSR count). The second-order valence-corrected chi connectivity index (χ2v) is 6.66. The molecule has 2 unspecified atom stereocenters. The van der Waals surface area contributed by atoms with Gasteiger partial charge < -0.3 is 20.9 Å². The van der Waals surface area contributed by atoms with Crippen LogP contribution in [-0.4, -0.2) is 14.2 Å². The molecule has 0 aliphatic heterocycles. The standard InChI is InChI=1S/C16H18Br2N2O2/c1-21-13-5-3-9(17)7-11(13)15(19)16(20)12-8-10(18)4-6-14(12)22-2/h3-8,15-16H,19-20H2,1-2H3. The fourth-order valence-electron chi connectivity index (χ4n) is 2.32. The molecule has 0 fully saturated rings. The third-order valence-corrected chi connectivity index (χ3v) is 4.48. The summed E-state index contributed by atoms with van der Waals surface area (Å²) in [5.41, 5.74) is 14.5. The van der Waals surface area contributed by atoms with Crippen molar-refractivity contribution in [1.29, 1.82) is 0 Å². The molecule has 0 saturated heterocycles. The molecule has 0 heterocycles. The first-order valence-corrected chi connectivity index (χ1v) is 8.24. The SMILES string of the molecule is COc1ccc(Br)cc1C(N)C(N)c1cc(Br)ccc1OC. The van der Waals surface area contributed by atoms with Crippen LogP contribution < -0.4 is 20.9 Å². The van der Waals surface area contributed by atoms with Gasteiger partial charge in [0, 0.05) is 20.1 Å². The van der Waals surface area contributed by atoms with E-state index in [0.29, 0.717) is 11.5 Å². The third-order valence-electron chi connectivity index (χ3n) is 3.49. The molecule has 6 heteroatoms. The maximum Gasteiger partial charge on any atom is 0.123 e. The summed E-state index contributed by atoms with van der Waals surface area (Å²) in [7, 11) is 3.23. The Bertz CT molecular complexity index is 607. The number of nitrogens with two attached hydrogens (primary N) is 2. The Balaban J connectivity index is 2.43. The van der Waals surface area contributed by atoms with Crippen molar-refractivity contribution in [3.05, 3.63) is 56.5 Å². The minimum atomic E-state index is -0.435. The molecule has 0 spiro atoms. The molecule has 2 atom stereocenters. The van der Waals surface area contributed by atoms with Gasteiger partial charge in [0.2, 0.25) is 0 Å². The zero-order valence-electron chi connectivity index (χ0n) is 12.3. The summed E-state index contributed by atoms with van der Waals surface area (Å²) < 4.78 is 12.6. The van der Waals surface area contributed by atoms with Gasteiger partial charge >= 0.3 is 0 Å². The van der Waals surface area contributed by atoms with Crippen molar-refractivity contribution in [3.63, 3.8) is 0 Å². The molecule has 4 N–H and O–H groups in total. The first kappa shape index (κ1) is 17.3. The molecule has 4 nitrogen and oxygen atoms in total. The summed E-state index contributed by atoms with van der Waals surface area (Å²) in [6.45, 7) is 0. The molecule has 118 valence electrons. The number of rotatable bonds is 5. The van der Waals surface area contributed by atoms with Crippen molar-refractivity contribution in [2.45, 2.75) is 12.1 Å². The van der Waals surface area contributed by atoms with Crippen molar-refractivity contribution < 1.29 is 9.47 Å². The van der Waals surface area contributed by atoms with E-state index in [1.54, 1.807) is 14.2 Å². The van der Waals surface area contributed by atoms with E-state index in [0.717, 1.165) is 20.1 Å². The van der Waals surface area contributed by atoms with E-state index < -0.39 is 12.1 Å². The average molecular weight is 430 g/mol. The number of benzene rings is 2. The molecule has 22 heavy (non-hydrogen) atoms. The minimum Gasteiger partial charge on any atom is -0.496 e. The van der Waals surface area contributed by atoms with E-state index in [2.05, 4.69) is 31.9 Å². The van der Waals surface area contributed by atoms with Gasteiger partial charge in [-0.3, -0.25) is 0 Å². The molecule has 2 aromatic carbocycles. The molecule has 2 aromatic rings. The third kappa shape index (κ3) is 3.63. The highest BCUT2D eigenvalue weighted by atomic mass is 79.9. The first-order valence-electron chi connectivity index (χ1n) is 6.66. The monoisotopic (exact) mass is 428 g/mol. The molecule has 0 aliphatic rings. The summed E-state index contributed by atoms with van der Waals surface area (Å²) in [6, 6.07) is 10.5. The smallest absolute Gasteiger partial charge is 0.123 e. The van der Waals surface area contributed by atoms with E-state index in [9.17, 15) is 0 Å². The van der Waals surface area contributed by atoms with E-state index in [4.69, 9.17) is 20.9 Å². The van der Waals surface area contributed by atoms with Gasteiger partial charge in [-0.2, -0.15) is 0 Å². The van der Waals surface area contributed by atoms with Crippen LogP contribution in [0.25, 0.3) is 0 Å². The molecule has 0 amide bonds. The van der Waals surface area contributed by atoms with Crippen molar-refractivity contribution in [2.24, 2.45) is 11.5 Å². The summed E-state index contributed by atoms with van der Waals surface area (Å²) >= 11 is 6.91. The Labute approximate surface area is 147 Å². The van der Waals surface area contributed by atoms with Gasteiger partial charge in [-0.25, -0.2) is 0 Å². The molecule has 0 radical (unpaired) electrons. The van der Waals surface area contributed by atoms with Crippen molar-refractivity contribution in [2.75, 3.05) is 14.2 Å². The van der Waals surface area contributed by atoms with Crippen LogP contribution in [0.1, 0.15) is 23.2 Å². The van der Waals surface area contributed by atoms with E-state index in [1.807, 2.05) is 36.4 Å². The summed E-state index contributed by atoms with van der Waals surface area (Å²) in [4.78, 5) is 0. The molecule has 0 bridgehead atoms. The van der Waals surface area contributed by atoms with Crippen molar-refractivity contribution in [1.82, 2.24) is 0 Å². The maximum atomic E-state index is 6.39. The lowest BCUT2D eigenvalue weighted by molar-refractivity contribution is 0.391.